The molecule has 4 heteroatoms. The molecule has 0 aromatic heterocycles. The molecule has 4 nitrogen and oxygen atoms in total. The van der Waals surface area contributed by atoms with Crippen LogP contribution in [-0.2, 0) is 17.8 Å². The van der Waals surface area contributed by atoms with E-state index < -0.39 is 0 Å². The van der Waals surface area contributed by atoms with Crippen LogP contribution >= 0.6 is 0 Å². The molecule has 1 fully saturated rings. The fraction of sp³-hybridized carbons (Fsp3) is 0.381. The van der Waals surface area contributed by atoms with E-state index in [0.29, 0.717) is 17.9 Å². The van der Waals surface area contributed by atoms with E-state index in [0.717, 1.165) is 18.4 Å². The van der Waals surface area contributed by atoms with Crippen LogP contribution in [0.3, 0.4) is 0 Å². The van der Waals surface area contributed by atoms with Gasteiger partial charge in [0.05, 0.1) is 6.42 Å². The molecule has 0 heterocycles. The summed E-state index contributed by atoms with van der Waals surface area (Å²) >= 11 is 0. The zero-order valence-electron chi connectivity index (χ0n) is 14.4. The van der Waals surface area contributed by atoms with Crippen LogP contribution in [0.25, 0.3) is 0 Å². The van der Waals surface area contributed by atoms with Gasteiger partial charge in [0, 0.05) is 11.6 Å². The first-order valence-corrected chi connectivity index (χ1v) is 8.99. The number of nitrogens with one attached hydrogen (secondary N) is 1. The van der Waals surface area contributed by atoms with Gasteiger partial charge >= 0.3 is 0 Å². The Balaban J connectivity index is 1.63. The maximum absolute atomic E-state index is 12.4. The summed E-state index contributed by atoms with van der Waals surface area (Å²) in [5.74, 6) is 0.773. The predicted molar refractivity (Wildman–Crippen MR) is 97.6 cm³/mol. The van der Waals surface area contributed by atoms with E-state index in [2.05, 4.69) is 5.32 Å². The molecule has 0 unspecified atom stereocenters. The van der Waals surface area contributed by atoms with E-state index in [1.807, 2.05) is 30.3 Å². The molecule has 2 aromatic rings. The van der Waals surface area contributed by atoms with Gasteiger partial charge in [0.15, 0.2) is 0 Å². The molecule has 3 rings (SSSR count). The Morgan fingerprint density at radius 3 is 2.60 bits per heavy atom. The normalized spacial score (nSPS) is 14.9. The quantitative estimate of drug-likeness (QED) is 0.837. The number of benzene rings is 2. The topological polar surface area (TPSA) is 58.6 Å². The zero-order valence-corrected chi connectivity index (χ0v) is 14.4. The molecular formula is C21H25NO3. The summed E-state index contributed by atoms with van der Waals surface area (Å²) in [6.45, 7) is 0.433. The van der Waals surface area contributed by atoms with Crippen LogP contribution in [0.15, 0.2) is 48.5 Å². The molecule has 0 atom stereocenters. The maximum Gasteiger partial charge on any atom is 0.224 e. The van der Waals surface area contributed by atoms with Crippen molar-refractivity contribution in [3.05, 3.63) is 59.7 Å². The summed E-state index contributed by atoms with van der Waals surface area (Å²) in [6.07, 6.45) is 5.96. The van der Waals surface area contributed by atoms with Gasteiger partial charge in [-0.2, -0.15) is 0 Å². The number of amides is 1. The lowest BCUT2D eigenvalue weighted by molar-refractivity contribution is -0.121. The van der Waals surface area contributed by atoms with E-state index in [4.69, 9.17) is 4.74 Å². The van der Waals surface area contributed by atoms with Gasteiger partial charge in [-0.1, -0.05) is 49.6 Å². The standard InChI is InChI=1S/C21H25NO3/c23-19-11-12-20(25-15-16-7-3-1-4-8-16)17(13-19)14-21(24)22-18-9-5-2-6-10-18/h1,3-4,7-8,11-13,18,23H,2,5-6,9-10,14-15H2,(H,22,24). The van der Waals surface area contributed by atoms with Gasteiger partial charge in [-0.3, -0.25) is 4.79 Å². The van der Waals surface area contributed by atoms with Gasteiger partial charge in [0.25, 0.3) is 0 Å². The summed E-state index contributed by atoms with van der Waals surface area (Å²) in [5, 5.41) is 12.9. The van der Waals surface area contributed by atoms with Crippen LogP contribution in [0.5, 0.6) is 11.5 Å². The molecule has 1 aliphatic rings. The lowest BCUT2D eigenvalue weighted by Gasteiger charge is -2.23. The lowest BCUT2D eigenvalue weighted by Crippen LogP contribution is -2.37. The number of phenolic OH excluding ortho intramolecular Hbond substituents is 1. The fourth-order valence-electron chi connectivity index (χ4n) is 3.28. The van der Waals surface area contributed by atoms with Crippen molar-refractivity contribution in [3.8, 4) is 11.5 Å². The van der Waals surface area contributed by atoms with Crippen molar-refractivity contribution in [2.45, 2.75) is 51.2 Å². The molecule has 2 N–H and O–H groups in total. The number of hydrogen-bond donors (Lipinski definition) is 2. The molecule has 1 aliphatic carbocycles. The summed E-state index contributed by atoms with van der Waals surface area (Å²) in [5.41, 5.74) is 1.78. The number of aromatic hydroxyl groups is 1. The number of hydrogen-bond acceptors (Lipinski definition) is 3. The van der Waals surface area contributed by atoms with Crippen LogP contribution in [0, 0.1) is 0 Å². The van der Waals surface area contributed by atoms with Crippen LogP contribution in [0.4, 0.5) is 0 Å². The van der Waals surface area contributed by atoms with Crippen LogP contribution in [-0.4, -0.2) is 17.1 Å². The molecule has 132 valence electrons. The van der Waals surface area contributed by atoms with Gasteiger partial charge in [0.1, 0.15) is 18.1 Å². The molecule has 25 heavy (non-hydrogen) atoms. The minimum Gasteiger partial charge on any atom is -0.508 e. The molecule has 0 radical (unpaired) electrons. The number of carbonyl (C=O) groups is 1. The summed E-state index contributed by atoms with van der Waals surface area (Å²) in [4.78, 5) is 12.4. The Hall–Kier alpha value is -2.49. The molecular weight excluding hydrogens is 314 g/mol. The van der Waals surface area contributed by atoms with Crippen LogP contribution < -0.4 is 10.1 Å². The molecule has 0 spiro atoms. The van der Waals surface area contributed by atoms with E-state index in [1.54, 1.807) is 18.2 Å². The van der Waals surface area contributed by atoms with E-state index in [1.165, 1.54) is 19.3 Å². The SMILES string of the molecule is O=C(Cc1cc(O)ccc1OCc1ccccc1)NC1CCCCC1. The van der Waals surface area contributed by atoms with Crippen molar-refractivity contribution in [3.63, 3.8) is 0 Å². The smallest absolute Gasteiger partial charge is 0.224 e. The first-order chi connectivity index (χ1) is 12.2. The monoisotopic (exact) mass is 339 g/mol. The van der Waals surface area contributed by atoms with E-state index in [-0.39, 0.29) is 24.1 Å². The van der Waals surface area contributed by atoms with Crippen LogP contribution in [0.2, 0.25) is 0 Å². The average molecular weight is 339 g/mol. The van der Waals surface area contributed by atoms with Crippen molar-refractivity contribution in [1.82, 2.24) is 5.32 Å². The van der Waals surface area contributed by atoms with Crippen LogP contribution in [0.1, 0.15) is 43.2 Å². The lowest BCUT2D eigenvalue weighted by atomic mass is 9.95. The highest BCUT2D eigenvalue weighted by Crippen LogP contribution is 2.25. The van der Waals surface area contributed by atoms with Crippen molar-refractivity contribution < 1.29 is 14.6 Å². The Labute approximate surface area is 148 Å². The molecule has 1 saturated carbocycles. The highest BCUT2D eigenvalue weighted by molar-refractivity contribution is 5.79. The second-order valence-electron chi connectivity index (χ2n) is 6.65. The number of phenols is 1. The highest BCUT2D eigenvalue weighted by atomic mass is 16.5. The number of carbonyl (C=O) groups excluding carboxylic acids is 1. The second kappa shape index (κ2) is 8.56. The Morgan fingerprint density at radius 2 is 1.84 bits per heavy atom. The van der Waals surface area contributed by atoms with E-state index >= 15 is 0 Å². The summed E-state index contributed by atoms with van der Waals surface area (Å²) in [7, 11) is 0. The Bertz CT molecular complexity index is 694. The van der Waals surface area contributed by atoms with Crippen molar-refractivity contribution in [1.29, 1.82) is 0 Å². The largest absolute Gasteiger partial charge is 0.508 e. The number of rotatable bonds is 6. The third-order valence-corrected chi connectivity index (χ3v) is 4.60. The zero-order chi connectivity index (χ0) is 17.5. The molecule has 1 amide bonds. The van der Waals surface area contributed by atoms with Gasteiger partial charge in [-0.15, -0.1) is 0 Å². The van der Waals surface area contributed by atoms with Gasteiger partial charge < -0.3 is 15.2 Å². The molecule has 0 aliphatic heterocycles. The third-order valence-electron chi connectivity index (χ3n) is 4.60. The molecule has 0 bridgehead atoms. The first-order valence-electron chi connectivity index (χ1n) is 8.99. The summed E-state index contributed by atoms with van der Waals surface area (Å²) in [6, 6.07) is 15.1. The maximum atomic E-state index is 12.4. The predicted octanol–water partition coefficient (Wildman–Crippen LogP) is 3.96. The molecule has 2 aromatic carbocycles. The second-order valence-corrected chi connectivity index (χ2v) is 6.65. The third kappa shape index (κ3) is 5.24. The number of ether oxygens (including phenoxy) is 1. The highest BCUT2D eigenvalue weighted by Gasteiger charge is 2.17. The summed E-state index contributed by atoms with van der Waals surface area (Å²) < 4.78 is 5.88. The van der Waals surface area contributed by atoms with Crippen molar-refractivity contribution >= 4 is 5.91 Å². The minimum absolute atomic E-state index is 0.0120. The fourth-order valence-corrected chi connectivity index (χ4v) is 3.28. The van der Waals surface area contributed by atoms with Crippen molar-refractivity contribution in [2.75, 3.05) is 0 Å². The van der Waals surface area contributed by atoms with Gasteiger partial charge in [-0.25, -0.2) is 0 Å². The van der Waals surface area contributed by atoms with Gasteiger partial charge in [-0.05, 0) is 36.6 Å². The van der Waals surface area contributed by atoms with E-state index in [9.17, 15) is 9.90 Å². The first kappa shape index (κ1) is 17.3. The van der Waals surface area contributed by atoms with Gasteiger partial charge in [0.2, 0.25) is 5.91 Å². The minimum atomic E-state index is -0.0120. The van der Waals surface area contributed by atoms with Crippen molar-refractivity contribution in [2.24, 2.45) is 0 Å². The Morgan fingerprint density at radius 1 is 1.08 bits per heavy atom. The molecule has 0 saturated heterocycles. The average Bonchev–Trinajstić information content (AvgIpc) is 2.63. The Kier molecular flexibility index (Phi) is 5.94.